The molecule has 0 radical (unpaired) electrons. The van der Waals surface area contributed by atoms with Crippen molar-refractivity contribution in [1.82, 2.24) is 14.6 Å². The Labute approximate surface area is 99.3 Å². The van der Waals surface area contributed by atoms with E-state index in [0.29, 0.717) is 0 Å². The van der Waals surface area contributed by atoms with Gasteiger partial charge in [-0.05, 0) is 48.5 Å². The maximum absolute atomic E-state index is 4.58. The molecule has 2 aromatic heterocycles. The Morgan fingerprint density at radius 1 is 1.56 bits per heavy atom. The van der Waals surface area contributed by atoms with Crippen LogP contribution >= 0.6 is 11.8 Å². The van der Waals surface area contributed by atoms with Crippen LogP contribution in [0.5, 0.6) is 0 Å². The van der Waals surface area contributed by atoms with Crippen molar-refractivity contribution in [1.29, 1.82) is 0 Å². The van der Waals surface area contributed by atoms with Crippen molar-refractivity contribution in [3.63, 3.8) is 0 Å². The second-order valence-corrected chi connectivity index (χ2v) is 5.62. The second-order valence-electron chi connectivity index (χ2n) is 4.47. The largest absolute Gasteiger partial charge is 0.221 e. The summed E-state index contributed by atoms with van der Waals surface area (Å²) in [6.45, 7) is 2.09. The fraction of sp³-hybridized carbons (Fsp3) is 0.500. The van der Waals surface area contributed by atoms with Gasteiger partial charge in [0.25, 0.3) is 0 Å². The minimum atomic E-state index is 0.781. The summed E-state index contributed by atoms with van der Waals surface area (Å²) in [5.74, 6) is 4.35. The van der Waals surface area contributed by atoms with Crippen molar-refractivity contribution in [2.24, 2.45) is 5.92 Å². The Bertz CT molecular complexity index is 500. The summed E-state index contributed by atoms with van der Waals surface area (Å²) in [4.78, 5) is 4.58. The summed E-state index contributed by atoms with van der Waals surface area (Å²) in [7, 11) is 0. The lowest BCUT2D eigenvalue weighted by atomic mass is 10.1. The molecule has 1 aliphatic heterocycles. The molecule has 0 bridgehead atoms. The van der Waals surface area contributed by atoms with E-state index in [9.17, 15) is 0 Å². The molecule has 2 aromatic rings. The van der Waals surface area contributed by atoms with Crippen molar-refractivity contribution < 1.29 is 0 Å². The fourth-order valence-corrected chi connectivity index (χ4v) is 3.40. The van der Waals surface area contributed by atoms with Crippen LogP contribution in [-0.2, 0) is 6.42 Å². The molecule has 1 fully saturated rings. The molecule has 3 rings (SSSR count). The highest BCUT2D eigenvalue weighted by molar-refractivity contribution is 7.99. The Kier molecular flexibility index (Phi) is 2.59. The molecule has 3 heterocycles. The van der Waals surface area contributed by atoms with Crippen molar-refractivity contribution in [2.75, 3.05) is 11.5 Å². The van der Waals surface area contributed by atoms with E-state index >= 15 is 0 Å². The molecule has 3 nitrogen and oxygen atoms in total. The number of nitrogens with zero attached hydrogens (tertiary/aromatic N) is 3. The molecule has 1 aliphatic rings. The Morgan fingerprint density at radius 2 is 2.50 bits per heavy atom. The highest BCUT2D eigenvalue weighted by Gasteiger charge is 2.18. The number of rotatable bonds is 2. The molecule has 0 N–H and O–H groups in total. The smallest absolute Gasteiger partial charge is 0.155 e. The standard InChI is InChI=1S/C12H15N3S/c1-9-2-4-15-12(6-9)13-11(14-15)7-10-3-5-16-8-10/h2,4,6,10H,3,5,7-8H2,1H3. The lowest BCUT2D eigenvalue weighted by Gasteiger charge is -2.02. The number of thioether (sulfide) groups is 1. The first kappa shape index (κ1) is 10.1. The molecule has 1 saturated heterocycles. The topological polar surface area (TPSA) is 30.2 Å². The molecule has 0 saturated carbocycles. The minimum absolute atomic E-state index is 0.781. The molecular weight excluding hydrogens is 218 g/mol. The lowest BCUT2D eigenvalue weighted by Crippen LogP contribution is -2.04. The van der Waals surface area contributed by atoms with Crippen LogP contribution in [0.1, 0.15) is 17.8 Å². The van der Waals surface area contributed by atoms with Gasteiger partial charge in [-0.2, -0.15) is 16.9 Å². The van der Waals surface area contributed by atoms with Gasteiger partial charge < -0.3 is 0 Å². The van der Waals surface area contributed by atoms with Crippen molar-refractivity contribution in [3.05, 3.63) is 29.7 Å². The molecule has 1 unspecified atom stereocenters. The van der Waals surface area contributed by atoms with Gasteiger partial charge in [-0.1, -0.05) is 0 Å². The van der Waals surface area contributed by atoms with E-state index in [-0.39, 0.29) is 0 Å². The molecule has 16 heavy (non-hydrogen) atoms. The van der Waals surface area contributed by atoms with Crippen molar-refractivity contribution in [3.8, 4) is 0 Å². The number of aryl methyl sites for hydroxylation is 1. The monoisotopic (exact) mass is 233 g/mol. The third-order valence-corrected chi connectivity index (χ3v) is 4.26. The van der Waals surface area contributed by atoms with E-state index in [2.05, 4.69) is 29.1 Å². The number of pyridine rings is 1. The first-order valence-electron chi connectivity index (χ1n) is 5.71. The Balaban J connectivity index is 1.86. The summed E-state index contributed by atoms with van der Waals surface area (Å²) in [5, 5.41) is 4.51. The third-order valence-electron chi connectivity index (χ3n) is 3.03. The van der Waals surface area contributed by atoms with E-state index in [1.165, 1.54) is 23.5 Å². The highest BCUT2D eigenvalue weighted by atomic mass is 32.2. The Morgan fingerprint density at radius 3 is 3.31 bits per heavy atom. The molecule has 0 spiro atoms. The van der Waals surface area contributed by atoms with Gasteiger partial charge in [-0.15, -0.1) is 0 Å². The first-order valence-corrected chi connectivity index (χ1v) is 6.86. The van der Waals surface area contributed by atoms with E-state index in [1.807, 2.05) is 22.5 Å². The summed E-state index contributed by atoms with van der Waals surface area (Å²) in [6, 6.07) is 4.15. The minimum Gasteiger partial charge on any atom is -0.221 e. The van der Waals surface area contributed by atoms with Crippen LogP contribution < -0.4 is 0 Å². The molecule has 1 atom stereocenters. The van der Waals surface area contributed by atoms with E-state index < -0.39 is 0 Å². The predicted molar refractivity (Wildman–Crippen MR) is 66.9 cm³/mol. The molecular formula is C12H15N3S. The predicted octanol–water partition coefficient (Wildman–Crippen LogP) is 2.33. The average molecular weight is 233 g/mol. The zero-order chi connectivity index (χ0) is 11.0. The van der Waals surface area contributed by atoms with Crippen molar-refractivity contribution >= 4 is 17.4 Å². The number of fused-ring (bicyclic) bond motifs is 1. The quantitative estimate of drug-likeness (QED) is 0.797. The van der Waals surface area contributed by atoms with Crippen LogP contribution in [0.25, 0.3) is 5.65 Å². The molecule has 0 aliphatic carbocycles. The molecule has 0 amide bonds. The van der Waals surface area contributed by atoms with Gasteiger partial charge in [0, 0.05) is 12.6 Å². The fourth-order valence-electron chi connectivity index (χ4n) is 2.12. The van der Waals surface area contributed by atoms with Gasteiger partial charge in [0.05, 0.1) is 0 Å². The van der Waals surface area contributed by atoms with Crippen LogP contribution in [0, 0.1) is 12.8 Å². The van der Waals surface area contributed by atoms with Gasteiger partial charge in [-0.25, -0.2) is 9.50 Å². The Hall–Kier alpha value is -1.03. The summed E-state index contributed by atoms with van der Waals surface area (Å²) < 4.78 is 1.88. The summed E-state index contributed by atoms with van der Waals surface area (Å²) >= 11 is 2.05. The summed E-state index contributed by atoms with van der Waals surface area (Å²) in [5.41, 5.74) is 2.21. The van der Waals surface area contributed by atoms with Crippen LogP contribution in [0.4, 0.5) is 0 Å². The van der Waals surface area contributed by atoms with Crippen LogP contribution in [0.15, 0.2) is 18.3 Å². The molecule has 84 valence electrons. The van der Waals surface area contributed by atoms with Crippen LogP contribution in [-0.4, -0.2) is 26.1 Å². The van der Waals surface area contributed by atoms with Gasteiger partial charge >= 0.3 is 0 Å². The van der Waals surface area contributed by atoms with Crippen molar-refractivity contribution in [2.45, 2.75) is 19.8 Å². The normalized spacial score (nSPS) is 20.7. The van der Waals surface area contributed by atoms with Crippen LogP contribution in [0.2, 0.25) is 0 Å². The van der Waals surface area contributed by atoms with Gasteiger partial charge in [0.2, 0.25) is 0 Å². The van der Waals surface area contributed by atoms with Gasteiger partial charge in [0.1, 0.15) is 0 Å². The number of hydrogen-bond acceptors (Lipinski definition) is 3. The first-order chi connectivity index (χ1) is 7.81. The number of hydrogen-bond donors (Lipinski definition) is 0. The number of aromatic nitrogens is 3. The van der Waals surface area contributed by atoms with E-state index in [4.69, 9.17) is 0 Å². The average Bonchev–Trinajstić information content (AvgIpc) is 2.86. The summed E-state index contributed by atoms with van der Waals surface area (Å²) in [6.07, 6.45) is 4.34. The van der Waals surface area contributed by atoms with Gasteiger partial charge in [-0.3, -0.25) is 0 Å². The van der Waals surface area contributed by atoms with Gasteiger partial charge in [0.15, 0.2) is 11.5 Å². The molecule has 0 aromatic carbocycles. The maximum Gasteiger partial charge on any atom is 0.155 e. The third kappa shape index (κ3) is 1.94. The van der Waals surface area contributed by atoms with E-state index in [0.717, 1.165) is 23.8 Å². The maximum atomic E-state index is 4.58. The lowest BCUT2D eigenvalue weighted by molar-refractivity contribution is 0.575. The van der Waals surface area contributed by atoms with E-state index in [1.54, 1.807) is 0 Å². The molecule has 4 heteroatoms. The SMILES string of the molecule is Cc1ccn2nc(CC3CCSC3)nc2c1. The highest BCUT2D eigenvalue weighted by Crippen LogP contribution is 2.25. The van der Waals surface area contributed by atoms with Crippen LogP contribution in [0.3, 0.4) is 0 Å². The zero-order valence-electron chi connectivity index (χ0n) is 9.39. The second kappa shape index (κ2) is 4.09. The zero-order valence-corrected chi connectivity index (χ0v) is 10.2.